The number of hydrogen-bond donors (Lipinski definition) is 2. The summed E-state index contributed by atoms with van der Waals surface area (Å²) < 4.78 is 0. The summed E-state index contributed by atoms with van der Waals surface area (Å²) in [5.74, 6) is 0.0576. The second kappa shape index (κ2) is 5.14. The molecule has 0 spiro atoms. The van der Waals surface area contributed by atoms with E-state index in [-0.39, 0.29) is 11.4 Å². The average Bonchev–Trinajstić information content (AvgIpc) is 2.88. The Balaban J connectivity index is 2.18. The Bertz CT molecular complexity index is 396. The van der Waals surface area contributed by atoms with E-state index in [1.165, 1.54) is 12.8 Å². The third-order valence-electron chi connectivity index (χ3n) is 3.20. The highest BCUT2D eigenvalue weighted by atomic mass is 32.1. The van der Waals surface area contributed by atoms with Crippen molar-refractivity contribution in [2.45, 2.75) is 38.1 Å². The summed E-state index contributed by atoms with van der Waals surface area (Å²) in [6.07, 6.45) is 4.35. The van der Waals surface area contributed by atoms with Crippen LogP contribution in [0.3, 0.4) is 0 Å². The first-order valence-corrected chi connectivity index (χ1v) is 6.92. The van der Waals surface area contributed by atoms with Crippen LogP contribution in [0.4, 0.5) is 0 Å². The van der Waals surface area contributed by atoms with Crippen molar-refractivity contribution in [2.24, 2.45) is 0 Å². The van der Waals surface area contributed by atoms with Crippen LogP contribution < -0.4 is 10.6 Å². The number of aryl methyl sites for hydroxylation is 1. The van der Waals surface area contributed by atoms with Gasteiger partial charge in [-0.1, -0.05) is 12.8 Å². The highest BCUT2D eigenvalue weighted by Gasteiger charge is 2.39. The lowest BCUT2D eigenvalue weighted by molar-refractivity contribution is -0.122. The van der Waals surface area contributed by atoms with Gasteiger partial charge >= 0.3 is 0 Å². The molecule has 1 aromatic heterocycles. The van der Waals surface area contributed by atoms with E-state index < -0.39 is 0 Å². The minimum absolute atomic E-state index is 0.0576. The first kappa shape index (κ1) is 12.5. The number of carbonyl (C=O) groups excluding carboxylic acids is 1. The Morgan fingerprint density at radius 3 is 2.76 bits per heavy atom. The van der Waals surface area contributed by atoms with E-state index in [2.05, 4.69) is 21.0 Å². The number of carbonyl (C=O) groups is 1. The van der Waals surface area contributed by atoms with Gasteiger partial charge in [-0.2, -0.15) is 0 Å². The Kier molecular flexibility index (Phi) is 3.79. The van der Waals surface area contributed by atoms with Crippen LogP contribution in [0.15, 0.2) is 5.38 Å². The topological polar surface area (TPSA) is 54.0 Å². The molecule has 1 aromatic rings. The van der Waals surface area contributed by atoms with Gasteiger partial charge in [0.1, 0.15) is 5.01 Å². The van der Waals surface area contributed by atoms with Crippen molar-refractivity contribution in [2.75, 3.05) is 13.6 Å². The molecule has 0 atom stereocenters. The molecule has 1 amide bonds. The lowest BCUT2D eigenvalue weighted by atomic mass is 9.98. The summed E-state index contributed by atoms with van der Waals surface area (Å²) in [6, 6.07) is 0. The fraction of sp³-hybridized carbons (Fsp3) is 0.667. The van der Waals surface area contributed by atoms with E-state index in [0.717, 1.165) is 23.5 Å². The fourth-order valence-corrected chi connectivity index (χ4v) is 3.43. The molecule has 0 unspecified atom stereocenters. The van der Waals surface area contributed by atoms with Crippen molar-refractivity contribution in [1.82, 2.24) is 15.6 Å². The maximum atomic E-state index is 11.8. The zero-order valence-electron chi connectivity index (χ0n) is 10.4. The van der Waals surface area contributed by atoms with Crippen molar-refractivity contribution in [3.8, 4) is 0 Å². The smallest absolute Gasteiger partial charge is 0.234 e. The van der Waals surface area contributed by atoms with Gasteiger partial charge in [0, 0.05) is 11.1 Å². The number of aromatic nitrogens is 1. The van der Waals surface area contributed by atoms with Crippen LogP contribution in [0.25, 0.3) is 0 Å². The quantitative estimate of drug-likeness (QED) is 0.856. The van der Waals surface area contributed by atoms with Crippen LogP contribution >= 0.6 is 11.3 Å². The highest BCUT2D eigenvalue weighted by Crippen LogP contribution is 2.39. The molecule has 1 aliphatic carbocycles. The molecule has 5 heteroatoms. The Morgan fingerprint density at radius 1 is 1.53 bits per heavy atom. The zero-order valence-corrected chi connectivity index (χ0v) is 11.2. The SMILES string of the molecule is CNCC(=O)NC1(c2nc(C)cs2)CCCC1. The third-order valence-corrected chi connectivity index (χ3v) is 4.37. The number of amides is 1. The van der Waals surface area contributed by atoms with Gasteiger partial charge < -0.3 is 10.6 Å². The van der Waals surface area contributed by atoms with Crippen molar-refractivity contribution in [1.29, 1.82) is 0 Å². The molecule has 2 rings (SSSR count). The molecule has 0 radical (unpaired) electrons. The van der Waals surface area contributed by atoms with Gasteiger partial charge in [0.25, 0.3) is 0 Å². The van der Waals surface area contributed by atoms with Crippen molar-refractivity contribution in [3.05, 3.63) is 16.1 Å². The Labute approximate surface area is 106 Å². The summed E-state index contributed by atoms with van der Waals surface area (Å²) in [7, 11) is 1.79. The van der Waals surface area contributed by atoms with Crippen molar-refractivity contribution in [3.63, 3.8) is 0 Å². The molecule has 94 valence electrons. The van der Waals surface area contributed by atoms with E-state index >= 15 is 0 Å². The van der Waals surface area contributed by atoms with Crippen LogP contribution in [0, 0.1) is 6.92 Å². The third kappa shape index (κ3) is 2.66. The lowest BCUT2D eigenvalue weighted by Crippen LogP contribution is -2.46. The zero-order chi connectivity index (χ0) is 12.3. The molecule has 0 saturated heterocycles. The molecule has 4 nitrogen and oxygen atoms in total. The van der Waals surface area contributed by atoms with Crippen LogP contribution in [0.5, 0.6) is 0 Å². The largest absolute Gasteiger partial charge is 0.343 e. The van der Waals surface area contributed by atoms with Gasteiger partial charge in [0.05, 0.1) is 12.1 Å². The maximum absolute atomic E-state index is 11.8. The first-order valence-electron chi connectivity index (χ1n) is 6.04. The standard InChI is InChI=1S/C12H19N3OS/c1-9-8-17-11(14-9)12(5-3-4-6-12)15-10(16)7-13-2/h8,13H,3-7H2,1-2H3,(H,15,16). The molecule has 0 aromatic carbocycles. The molecule has 2 N–H and O–H groups in total. The summed E-state index contributed by atoms with van der Waals surface area (Å²) in [5, 5.41) is 9.18. The van der Waals surface area contributed by atoms with Gasteiger partial charge in [0.2, 0.25) is 5.91 Å². The van der Waals surface area contributed by atoms with Gasteiger partial charge in [0.15, 0.2) is 0 Å². The monoisotopic (exact) mass is 253 g/mol. The number of nitrogens with zero attached hydrogens (tertiary/aromatic N) is 1. The van der Waals surface area contributed by atoms with E-state index in [9.17, 15) is 4.79 Å². The normalized spacial score (nSPS) is 18.2. The van der Waals surface area contributed by atoms with Gasteiger partial charge in [-0.05, 0) is 26.8 Å². The molecular formula is C12H19N3OS. The summed E-state index contributed by atoms with van der Waals surface area (Å²) in [6.45, 7) is 2.37. The van der Waals surface area contributed by atoms with E-state index in [0.29, 0.717) is 6.54 Å². The maximum Gasteiger partial charge on any atom is 0.234 e. The Morgan fingerprint density at radius 2 is 2.24 bits per heavy atom. The van der Waals surface area contributed by atoms with Crippen LogP contribution in [-0.2, 0) is 10.3 Å². The van der Waals surface area contributed by atoms with Gasteiger partial charge in [-0.25, -0.2) is 4.98 Å². The highest BCUT2D eigenvalue weighted by molar-refractivity contribution is 7.09. The summed E-state index contributed by atoms with van der Waals surface area (Å²) in [5.41, 5.74) is 0.839. The van der Waals surface area contributed by atoms with E-state index in [1.807, 2.05) is 6.92 Å². The van der Waals surface area contributed by atoms with Crippen LogP contribution in [0.1, 0.15) is 36.4 Å². The Hall–Kier alpha value is -0.940. The second-order valence-corrected chi connectivity index (χ2v) is 5.52. The summed E-state index contributed by atoms with van der Waals surface area (Å²) >= 11 is 1.66. The fourth-order valence-electron chi connectivity index (χ4n) is 2.42. The number of likely N-dealkylation sites (N-methyl/N-ethyl adjacent to an activating group) is 1. The molecule has 1 aliphatic rings. The molecule has 0 aliphatic heterocycles. The van der Waals surface area contributed by atoms with Crippen LogP contribution in [0.2, 0.25) is 0 Å². The predicted octanol–water partition coefficient (Wildman–Crippen LogP) is 1.56. The van der Waals surface area contributed by atoms with E-state index in [1.54, 1.807) is 18.4 Å². The van der Waals surface area contributed by atoms with Gasteiger partial charge in [-0.3, -0.25) is 4.79 Å². The van der Waals surface area contributed by atoms with Crippen LogP contribution in [-0.4, -0.2) is 24.5 Å². The lowest BCUT2D eigenvalue weighted by Gasteiger charge is -2.28. The van der Waals surface area contributed by atoms with Gasteiger partial charge in [-0.15, -0.1) is 11.3 Å². The first-order chi connectivity index (χ1) is 8.16. The minimum Gasteiger partial charge on any atom is -0.343 e. The molecule has 1 saturated carbocycles. The number of thiazole rings is 1. The molecular weight excluding hydrogens is 234 g/mol. The number of nitrogens with one attached hydrogen (secondary N) is 2. The molecule has 1 heterocycles. The van der Waals surface area contributed by atoms with E-state index in [4.69, 9.17) is 0 Å². The second-order valence-electron chi connectivity index (χ2n) is 4.66. The molecule has 17 heavy (non-hydrogen) atoms. The van der Waals surface area contributed by atoms with Crippen molar-refractivity contribution >= 4 is 17.2 Å². The minimum atomic E-state index is -0.202. The number of hydrogen-bond acceptors (Lipinski definition) is 4. The molecule has 1 fully saturated rings. The molecule has 0 bridgehead atoms. The predicted molar refractivity (Wildman–Crippen MR) is 69.1 cm³/mol. The average molecular weight is 253 g/mol. The number of rotatable bonds is 4. The summed E-state index contributed by atoms with van der Waals surface area (Å²) in [4.78, 5) is 16.3. The van der Waals surface area contributed by atoms with Crippen molar-refractivity contribution < 1.29 is 4.79 Å².